The first-order valence-corrected chi connectivity index (χ1v) is 4.33. The summed E-state index contributed by atoms with van der Waals surface area (Å²) in [6.07, 6.45) is -0.569. The summed E-state index contributed by atoms with van der Waals surface area (Å²) in [5, 5.41) is 26.6. The summed E-state index contributed by atoms with van der Waals surface area (Å²) >= 11 is 2.80. The molecule has 0 radical (unpaired) electrons. The minimum absolute atomic E-state index is 0.141. The zero-order valence-electron chi connectivity index (χ0n) is 6.79. The molecule has 76 valence electrons. The van der Waals surface area contributed by atoms with Crippen LogP contribution in [0.15, 0.2) is 10.5 Å². The molecular weight excluding hydrogens is 259 g/mol. The Labute approximate surface area is 86.7 Å². The van der Waals surface area contributed by atoms with Crippen LogP contribution in [0.1, 0.15) is 5.56 Å². The highest BCUT2D eigenvalue weighted by Gasteiger charge is 2.17. The quantitative estimate of drug-likeness (QED) is 0.710. The van der Waals surface area contributed by atoms with Gasteiger partial charge in [0.15, 0.2) is 11.5 Å². The van der Waals surface area contributed by atoms with Gasteiger partial charge in [0.25, 0.3) is 0 Å². The van der Waals surface area contributed by atoms with Crippen molar-refractivity contribution in [3.05, 3.63) is 21.9 Å². The number of aliphatic carboxylic acids is 1. The van der Waals surface area contributed by atoms with Crippen molar-refractivity contribution < 1.29 is 24.5 Å². The number of carbonyl (C=O) groups is 1. The molecule has 0 atom stereocenters. The fourth-order valence-electron chi connectivity index (χ4n) is 0.949. The highest BCUT2D eigenvalue weighted by molar-refractivity contribution is 9.10. The van der Waals surface area contributed by atoms with E-state index in [1.807, 2.05) is 0 Å². The van der Waals surface area contributed by atoms with Gasteiger partial charge in [-0.25, -0.2) is 4.39 Å². The lowest BCUT2D eigenvalue weighted by Crippen LogP contribution is -2.03. The van der Waals surface area contributed by atoms with Crippen molar-refractivity contribution in [1.29, 1.82) is 0 Å². The number of carboxylic acids is 1. The van der Waals surface area contributed by atoms with E-state index < -0.39 is 29.7 Å². The second kappa shape index (κ2) is 3.83. The van der Waals surface area contributed by atoms with E-state index in [9.17, 15) is 9.18 Å². The topological polar surface area (TPSA) is 77.8 Å². The number of rotatable bonds is 2. The molecule has 0 aliphatic rings. The molecular formula is C8H6BrFO4. The van der Waals surface area contributed by atoms with Crippen LogP contribution in [0.5, 0.6) is 11.5 Å². The highest BCUT2D eigenvalue weighted by atomic mass is 79.9. The van der Waals surface area contributed by atoms with Crippen molar-refractivity contribution in [3.8, 4) is 11.5 Å². The first-order valence-electron chi connectivity index (χ1n) is 3.54. The number of carboxylic acid groups (broad SMARTS) is 1. The van der Waals surface area contributed by atoms with Crippen LogP contribution < -0.4 is 0 Å². The Bertz CT molecular complexity index is 391. The SMILES string of the molecule is O=C(O)Cc1c(F)cc(O)c(O)c1Br. The van der Waals surface area contributed by atoms with Gasteiger partial charge < -0.3 is 15.3 Å². The largest absolute Gasteiger partial charge is 0.504 e. The van der Waals surface area contributed by atoms with Crippen LogP contribution in [-0.2, 0) is 11.2 Å². The van der Waals surface area contributed by atoms with Gasteiger partial charge in [0.1, 0.15) is 5.82 Å². The third kappa shape index (κ3) is 1.95. The summed E-state index contributed by atoms with van der Waals surface area (Å²) in [6.45, 7) is 0. The van der Waals surface area contributed by atoms with Gasteiger partial charge in [-0.2, -0.15) is 0 Å². The average Bonchev–Trinajstić information content (AvgIpc) is 2.09. The molecule has 0 heterocycles. The van der Waals surface area contributed by atoms with E-state index in [2.05, 4.69) is 15.9 Å². The van der Waals surface area contributed by atoms with E-state index in [-0.39, 0.29) is 10.0 Å². The van der Waals surface area contributed by atoms with Crippen LogP contribution >= 0.6 is 15.9 Å². The van der Waals surface area contributed by atoms with Gasteiger partial charge >= 0.3 is 5.97 Å². The Morgan fingerprint density at radius 2 is 2.07 bits per heavy atom. The predicted octanol–water partition coefficient (Wildman–Crippen LogP) is 1.63. The summed E-state index contributed by atoms with van der Waals surface area (Å²) < 4.78 is 12.9. The standard InChI is InChI=1S/C8H6BrFO4/c9-7-3(1-6(12)13)4(10)2-5(11)8(7)14/h2,11,14H,1H2,(H,12,13). The lowest BCUT2D eigenvalue weighted by molar-refractivity contribution is -0.136. The Balaban J connectivity index is 3.29. The molecule has 0 unspecified atom stereocenters. The first kappa shape index (κ1) is 10.8. The van der Waals surface area contributed by atoms with Gasteiger partial charge in [-0.1, -0.05) is 0 Å². The van der Waals surface area contributed by atoms with Crippen molar-refractivity contribution in [2.45, 2.75) is 6.42 Å². The smallest absolute Gasteiger partial charge is 0.307 e. The van der Waals surface area contributed by atoms with Crippen molar-refractivity contribution in [3.63, 3.8) is 0 Å². The lowest BCUT2D eigenvalue weighted by Gasteiger charge is -2.06. The molecule has 0 bridgehead atoms. The first-order chi connectivity index (χ1) is 6.43. The van der Waals surface area contributed by atoms with Gasteiger partial charge in [-0.15, -0.1) is 0 Å². The van der Waals surface area contributed by atoms with Crippen molar-refractivity contribution in [1.82, 2.24) is 0 Å². The third-order valence-corrected chi connectivity index (χ3v) is 2.45. The molecule has 0 aliphatic carbocycles. The second-order valence-electron chi connectivity index (χ2n) is 2.59. The Morgan fingerprint density at radius 3 is 2.57 bits per heavy atom. The molecule has 0 amide bonds. The minimum atomic E-state index is -1.23. The molecule has 1 aromatic carbocycles. The zero-order valence-corrected chi connectivity index (χ0v) is 8.38. The number of phenols is 2. The highest BCUT2D eigenvalue weighted by Crippen LogP contribution is 2.37. The van der Waals surface area contributed by atoms with Crippen LogP contribution in [0.2, 0.25) is 0 Å². The van der Waals surface area contributed by atoms with E-state index in [0.29, 0.717) is 6.07 Å². The molecule has 0 saturated carbocycles. The van der Waals surface area contributed by atoms with Gasteiger partial charge in [0, 0.05) is 11.6 Å². The molecule has 1 rings (SSSR count). The molecule has 14 heavy (non-hydrogen) atoms. The van der Waals surface area contributed by atoms with Crippen molar-refractivity contribution in [2.24, 2.45) is 0 Å². The van der Waals surface area contributed by atoms with Gasteiger partial charge in [0.05, 0.1) is 10.9 Å². The van der Waals surface area contributed by atoms with E-state index >= 15 is 0 Å². The molecule has 1 aromatic rings. The minimum Gasteiger partial charge on any atom is -0.504 e. The number of halogens is 2. The van der Waals surface area contributed by atoms with Crippen LogP contribution in [0, 0.1) is 5.82 Å². The summed E-state index contributed by atoms with van der Waals surface area (Å²) in [6, 6.07) is 0.665. The third-order valence-electron chi connectivity index (χ3n) is 1.60. The Morgan fingerprint density at radius 1 is 1.50 bits per heavy atom. The maximum absolute atomic E-state index is 13.1. The molecule has 0 spiro atoms. The van der Waals surface area contributed by atoms with Gasteiger partial charge in [-0.3, -0.25) is 4.79 Å². The lowest BCUT2D eigenvalue weighted by atomic mass is 10.1. The van der Waals surface area contributed by atoms with Gasteiger partial charge in [0.2, 0.25) is 0 Å². The van der Waals surface area contributed by atoms with Crippen molar-refractivity contribution in [2.75, 3.05) is 0 Å². The average molecular weight is 265 g/mol. The van der Waals surface area contributed by atoms with Crippen LogP contribution in [0.25, 0.3) is 0 Å². The summed E-state index contributed by atoms with van der Waals surface area (Å²) in [4.78, 5) is 10.3. The van der Waals surface area contributed by atoms with Gasteiger partial charge in [-0.05, 0) is 15.9 Å². The van der Waals surface area contributed by atoms with E-state index in [1.165, 1.54) is 0 Å². The Hall–Kier alpha value is -1.30. The molecule has 0 aliphatic heterocycles. The maximum atomic E-state index is 13.1. The summed E-state index contributed by atoms with van der Waals surface area (Å²) in [5.41, 5.74) is -0.201. The maximum Gasteiger partial charge on any atom is 0.307 e. The fraction of sp³-hybridized carbons (Fsp3) is 0.125. The summed E-state index contributed by atoms with van der Waals surface area (Å²) in [7, 11) is 0. The van der Waals surface area contributed by atoms with Crippen molar-refractivity contribution >= 4 is 21.9 Å². The monoisotopic (exact) mass is 264 g/mol. The Kier molecular flexibility index (Phi) is 2.95. The normalized spacial score (nSPS) is 10.1. The summed E-state index contributed by atoms with van der Waals surface area (Å²) in [5.74, 6) is -3.31. The molecule has 3 N–H and O–H groups in total. The number of aromatic hydroxyl groups is 2. The molecule has 6 heteroatoms. The number of phenolic OH excluding ortho intramolecular Hbond substituents is 2. The van der Waals surface area contributed by atoms with E-state index in [4.69, 9.17) is 15.3 Å². The molecule has 0 aromatic heterocycles. The second-order valence-corrected chi connectivity index (χ2v) is 3.38. The number of benzene rings is 1. The van der Waals surface area contributed by atoms with Crippen LogP contribution in [-0.4, -0.2) is 21.3 Å². The molecule has 0 saturated heterocycles. The zero-order chi connectivity index (χ0) is 10.9. The molecule has 0 fully saturated rings. The van der Waals surface area contributed by atoms with Crippen LogP contribution in [0.4, 0.5) is 4.39 Å². The van der Waals surface area contributed by atoms with Crippen LogP contribution in [0.3, 0.4) is 0 Å². The number of hydrogen-bond donors (Lipinski definition) is 3. The van der Waals surface area contributed by atoms with E-state index in [0.717, 1.165) is 0 Å². The van der Waals surface area contributed by atoms with E-state index in [1.54, 1.807) is 0 Å². The predicted molar refractivity (Wildman–Crippen MR) is 48.8 cm³/mol. The fourth-order valence-corrected chi connectivity index (χ4v) is 1.48. The molecule has 4 nitrogen and oxygen atoms in total. The number of hydrogen-bond acceptors (Lipinski definition) is 3.